The van der Waals surface area contributed by atoms with E-state index in [1.54, 1.807) is 25.5 Å². The molecule has 1 fully saturated rings. The van der Waals surface area contributed by atoms with Crippen molar-refractivity contribution in [1.82, 2.24) is 24.8 Å². The summed E-state index contributed by atoms with van der Waals surface area (Å²) >= 11 is 0. The van der Waals surface area contributed by atoms with Gasteiger partial charge in [-0.05, 0) is 19.8 Å². The summed E-state index contributed by atoms with van der Waals surface area (Å²) < 4.78 is 0. The number of likely N-dealkylation sites (tertiary alicyclic amines) is 1. The smallest absolute Gasteiger partial charge is 0.219 e. The van der Waals surface area contributed by atoms with Gasteiger partial charge in [0.1, 0.15) is 17.5 Å². The number of nitrogens with one attached hydrogen (secondary N) is 1. The van der Waals surface area contributed by atoms with Crippen LogP contribution in [-0.2, 0) is 4.79 Å². The zero-order valence-corrected chi connectivity index (χ0v) is 13.4. The summed E-state index contributed by atoms with van der Waals surface area (Å²) in [5.74, 6) is 2.42. The first kappa shape index (κ1) is 15.3. The van der Waals surface area contributed by atoms with Crippen LogP contribution in [0.1, 0.15) is 37.2 Å². The molecular formula is C16H20N6O. The van der Waals surface area contributed by atoms with Crippen LogP contribution in [0.3, 0.4) is 0 Å². The van der Waals surface area contributed by atoms with Crippen LogP contribution >= 0.6 is 0 Å². The minimum atomic E-state index is 0.124. The lowest BCUT2D eigenvalue weighted by atomic mass is 9.94. The van der Waals surface area contributed by atoms with Gasteiger partial charge in [-0.25, -0.2) is 15.0 Å². The molecule has 1 saturated heterocycles. The second kappa shape index (κ2) is 6.68. The molecule has 1 amide bonds. The number of amides is 1. The predicted molar refractivity (Wildman–Crippen MR) is 86.3 cm³/mol. The Hall–Kier alpha value is -2.57. The number of carbonyl (C=O) groups is 1. The van der Waals surface area contributed by atoms with E-state index in [0.717, 1.165) is 31.6 Å². The van der Waals surface area contributed by atoms with E-state index in [-0.39, 0.29) is 11.8 Å². The van der Waals surface area contributed by atoms with Crippen molar-refractivity contribution >= 4 is 17.5 Å². The molecule has 7 nitrogen and oxygen atoms in total. The normalized spacial score (nSPS) is 17.8. The summed E-state index contributed by atoms with van der Waals surface area (Å²) in [5.41, 5.74) is 0.967. The highest BCUT2D eigenvalue weighted by atomic mass is 16.2. The maximum absolute atomic E-state index is 11.6. The quantitative estimate of drug-likeness (QED) is 0.933. The van der Waals surface area contributed by atoms with Crippen molar-refractivity contribution in [2.24, 2.45) is 0 Å². The van der Waals surface area contributed by atoms with Gasteiger partial charge in [-0.2, -0.15) is 0 Å². The molecule has 0 saturated carbocycles. The number of aryl methyl sites for hydroxylation is 1. The molecular weight excluding hydrogens is 292 g/mol. The van der Waals surface area contributed by atoms with Crippen molar-refractivity contribution in [3.63, 3.8) is 0 Å². The molecule has 120 valence electrons. The van der Waals surface area contributed by atoms with Gasteiger partial charge in [-0.15, -0.1) is 0 Å². The van der Waals surface area contributed by atoms with Crippen LogP contribution in [0.2, 0.25) is 0 Å². The van der Waals surface area contributed by atoms with Crippen LogP contribution in [0.5, 0.6) is 0 Å². The highest BCUT2D eigenvalue weighted by Gasteiger charge is 2.24. The van der Waals surface area contributed by atoms with Crippen molar-refractivity contribution < 1.29 is 4.79 Å². The number of rotatable bonds is 3. The third kappa shape index (κ3) is 3.80. The highest BCUT2D eigenvalue weighted by molar-refractivity contribution is 5.73. The number of hydrogen-bond donors (Lipinski definition) is 1. The molecule has 2 aromatic rings. The molecule has 0 spiro atoms. The summed E-state index contributed by atoms with van der Waals surface area (Å²) in [4.78, 5) is 30.7. The van der Waals surface area contributed by atoms with Crippen molar-refractivity contribution in [1.29, 1.82) is 0 Å². The largest absolute Gasteiger partial charge is 0.342 e. The van der Waals surface area contributed by atoms with E-state index in [4.69, 9.17) is 0 Å². The number of aromatic nitrogens is 4. The fraction of sp³-hybridized carbons (Fsp3) is 0.438. The Kier molecular flexibility index (Phi) is 4.45. The van der Waals surface area contributed by atoms with E-state index in [1.807, 2.05) is 17.9 Å². The van der Waals surface area contributed by atoms with E-state index in [9.17, 15) is 4.79 Å². The van der Waals surface area contributed by atoms with E-state index in [0.29, 0.717) is 17.5 Å². The summed E-state index contributed by atoms with van der Waals surface area (Å²) in [6.07, 6.45) is 6.93. The number of anilines is 2. The molecule has 1 aliphatic rings. The Labute approximate surface area is 135 Å². The second-order valence-electron chi connectivity index (χ2n) is 5.75. The van der Waals surface area contributed by atoms with Crippen LogP contribution in [0, 0.1) is 6.92 Å². The lowest BCUT2D eigenvalue weighted by molar-refractivity contribution is -0.130. The molecule has 3 heterocycles. The van der Waals surface area contributed by atoms with E-state index in [1.165, 1.54) is 0 Å². The van der Waals surface area contributed by atoms with Gasteiger partial charge < -0.3 is 10.2 Å². The fourth-order valence-electron chi connectivity index (χ4n) is 2.86. The number of hydrogen-bond acceptors (Lipinski definition) is 6. The van der Waals surface area contributed by atoms with Gasteiger partial charge in [0.25, 0.3) is 0 Å². The first-order chi connectivity index (χ1) is 11.1. The second-order valence-corrected chi connectivity index (χ2v) is 5.75. The summed E-state index contributed by atoms with van der Waals surface area (Å²) in [6.45, 7) is 5.04. The molecule has 1 N–H and O–H groups in total. The van der Waals surface area contributed by atoms with Gasteiger partial charge in [-0.1, -0.05) is 0 Å². The van der Waals surface area contributed by atoms with Gasteiger partial charge in [-0.3, -0.25) is 9.78 Å². The van der Waals surface area contributed by atoms with Gasteiger partial charge in [0.2, 0.25) is 5.91 Å². The van der Waals surface area contributed by atoms with Gasteiger partial charge >= 0.3 is 0 Å². The van der Waals surface area contributed by atoms with Crippen LogP contribution < -0.4 is 5.32 Å². The monoisotopic (exact) mass is 312 g/mol. The lowest BCUT2D eigenvalue weighted by Crippen LogP contribution is -2.37. The Bertz CT molecular complexity index is 690. The zero-order valence-electron chi connectivity index (χ0n) is 13.4. The minimum Gasteiger partial charge on any atom is -0.342 e. The number of carbonyl (C=O) groups excluding carboxylic acids is 1. The Balaban J connectivity index is 1.81. The summed E-state index contributed by atoms with van der Waals surface area (Å²) in [7, 11) is 0. The molecule has 3 rings (SSSR count). The summed E-state index contributed by atoms with van der Waals surface area (Å²) in [5, 5.41) is 3.15. The number of piperidine rings is 1. The predicted octanol–water partition coefficient (Wildman–Crippen LogP) is 2.04. The van der Waals surface area contributed by atoms with Crippen molar-refractivity contribution in [3.8, 4) is 0 Å². The van der Waals surface area contributed by atoms with Crippen molar-refractivity contribution in [2.45, 2.75) is 32.6 Å². The van der Waals surface area contributed by atoms with Crippen LogP contribution in [0.4, 0.5) is 11.6 Å². The Morgan fingerprint density at radius 2 is 2.17 bits per heavy atom. The molecule has 23 heavy (non-hydrogen) atoms. The Morgan fingerprint density at radius 3 is 2.91 bits per heavy atom. The molecule has 0 bridgehead atoms. The molecule has 7 heteroatoms. The van der Waals surface area contributed by atoms with E-state index >= 15 is 0 Å². The third-order valence-corrected chi connectivity index (χ3v) is 3.96. The average Bonchev–Trinajstić information content (AvgIpc) is 2.55. The third-order valence-electron chi connectivity index (χ3n) is 3.96. The molecule has 0 aromatic carbocycles. The topological polar surface area (TPSA) is 83.9 Å². The lowest BCUT2D eigenvalue weighted by Gasteiger charge is -2.31. The number of nitrogens with zero attached hydrogens (tertiary/aromatic N) is 5. The fourth-order valence-corrected chi connectivity index (χ4v) is 2.86. The van der Waals surface area contributed by atoms with Gasteiger partial charge in [0.05, 0.1) is 11.9 Å². The standard InChI is InChI=1S/C16H20N6O/c1-11-19-14(13-4-3-7-22(10-13)12(2)23)8-15(20-11)21-16-9-17-5-6-18-16/h5-6,8-9,13H,3-4,7,10H2,1-2H3,(H,18,19,20,21). The van der Waals surface area contributed by atoms with Crippen LogP contribution in [0.15, 0.2) is 24.7 Å². The van der Waals surface area contributed by atoms with E-state index in [2.05, 4.69) is 25.3 Å². The molecule has 0 aliphatic carbocycles. The highest BCUT2D eigenvalue weighted by Crippen LogP contribution is 2.27. The van der Waals surface area contributed by atoms with Crippen molar-refractivity contribution in [3.05, 3.63) is 36.2 Å². The van der Waals surface area contributed by atoms with Crippen LogP contribution in [0.25, 0.3) is 0 Å². The minimum absolute atomic E-state index is 0.124. The summed E-state index contributed by atoms with van der Waals surface area (Å²) in [6, 6.07) is 1.94. The molecule has 1 atom stereocenters. The van der Waals surface area contributed by atoms with Gasteiger partial charge in [0, 0.05) is 44.4 Å². The Morgan fingerprint density at radius 1 is 1.30 bits per heavy atom. The molecule has 0 radical (unpaired) electrons. The average molecular weight is 312 g/mol. The maximum Gasteiger partial charge on any atom is 0.219 e. The van der Waals surface area contributed by atoms with E-state index < -0.39 is 0 Å². The zero-order chi connectivity index (χ0) is 16.2. The van der Waals surface area contributed by atoms with Gasteiger partial charge in [0.15, 0.2) is 0 Å². The first-order valence-electron chi connectivity index (χ1n) is 7.76. The first-order valence-corrected chi connectivity index (χ1v) is 7.76. The maximum atomic E-state index is 11.6. The molecule has 1 aliphatic heterocycles. The van der Waals surface area contributed by atoms with Crippen molar-refractivity contribution in [2.75, 3.05) is 18.4 Å². The molecule has 2 aromatic heterocycles. The van der Waals surface area contributed by atoms with Crippen LogP contribution in [-0.4, -0.2) is 43.8 Å². The SMILES string of the molecule is CC(=O)N1CCCC(c2cc(Nc3cnccn3)nc(C)n2)C1. The molecule has 1 unspecified atom stereocenters.